The lowest BCUT2D eigenvalue weighted by Gasteiger charge is -2.19. The Balaban J connectivity index is 2.11. The summed E-state index contributed by atoms with van der Waals surface area (Å²) >= 11 is 0. The van der Waals surface area contributed by atoms with E-state index in [1.807, 2.05) is 45.0 Å². The van der Waals surface area contributed by atoms with Gasteiger partial charge in [0.05, 0.1) is 11.2 Å². The Hall–Kier alpha value is -2.75. The molecule has 0 saturated heterocycles. The predicted molar refractivity (Wildman–Crippen MR) is 95.2 cm³/mol. The number of anilines is 1. The van der Waals surface area contributed by atoms with Gasteiger partial charge in [-0.15, -0.1) is 0 Å². The summed E-state index contributed by atoms with van der Waals surface area (Å²) in [6.45, 7) is 5.60. The number of carbonyl (C=O) groups excluding carboxylic acids is 1. The van der Waals surface area contributed by atoms with Crippen molar-refractivity contribution in [2.24, 2.45) is 5.41 Å². The second-order valence-electron chi connectivity index (χ2n) is 6.77. The van der Waals surface area contributed by atoms with Crippen LogP contribution in [0.2, 0.25) is 0 Å². The summed E-state index contributed by atoms with van der Waals surface area (Å²) in [5.41, 5.74) is 2.76. The third-order valence-corrected chi connectivity index (χ3v) is 3.85. The monoisotopic (exact) mass is 322 g/mol. The number of fused-ring (bicyclic) bond motifs is 1. The highest BCUT2D eigenvalue weighted by Gasteiger charge is 2.22. The highest BCUT2D eigenvalue weighted by molar-refractivity contribution is 6.06. The molecular formula is C20H19FN2O. The summed E-state index contributed by atoms with van der Waals surface area (Å²) in [7, 11) is 0. The van der Waals surface area contributed by atoms with Gasteiger partial charge in [-0.25, -0.2) is 4.39 Å². The zero-order valence-electron chi connectivity index (χ0n) is 13.9. The molecule has 3 nitrogen and oxygen atoms in total. The van der Waals surface area contributed by atoms with Gasteiger partial charge in [0.15, 0.2) is 0 Å². The third kappa shape index (κ3) is 3.13. The molecule has 0 aliphatic heterocycles. The van der Waals surface area contributed by atoms with Crippen LogP contribution in [0.15, 0.2) is 54.7 Å². The fraction of sp³-hybridized carbons (Fsp3) is 0.200. The molecule has 122 valence electrons. The van der Waals surface area contributed by atoms with Gasteiger partial charge in [-0.1, -0.05) is 45.0 Å². The largest absolute Gasteiger partial charge is 0.324 e. The zero-order valence-corrected chi connectivity index (χ0v) is 13.9. The van der Waals surface area contributed by atoms with Gasteiger partial charge in [0.25, 0.3) is 0 Å². The summed E-state index contributed by atoms with van der Waals surface area (Å²) < 4.78 is 13.2. The molecule has 1 amide bonds. The predicted octanol–water partition coefficient (Wildman–Crippen LogP) is 5.03. The molecule has 0 bridgehead atoms. The molecule has 3 aromatic rings. The lowest BCUT2D eigenvalue weighted by molar-refractivity contribution is -0.123. The first-order valence-corrected chi connectivity index (χ1v) is 7.81. The molecule has 0 saturated carbocycles. The van der Waals surface area contributed by atoms with E-state index in [1.165, 1.54) is 12.1 Å². The number of rotatable bonds is 2. The van der Waals surface area contributed by atoms with Crippen LogP contribution in [-0.2, 0) is 4.79 Å². The van der Waals surface area contributed by atoms with Crippen LogP contribution >= 0.6 is 0 Å². The van der Waals surface area contributed by atoms with E-state index in [1.54, 1.807) is 18.3 Å². The van der Waals surface area contributed by atoms with Crippen molar-refractivity contribution in [1.82, 2.24) is 4.98 Å². The fourth-order valence-corrected chi connectivity index (χ4v) is 2.46. The van der Waals surface area contributed by atoms with Crippen molar-refractivity contribution in [2.45, 2.75) is 20.8 Å². The Bertz CT molecular complexity index is 896. The van der Waals surface area contributed by atoms with E-state index < -0.39 is 5.41 Å². The molecule has 0 radical (unpaired) electrons. The number of nitrogens with zero attached hydrogens (tertiary/aromatic N) is 1. The van der Waals surface area contributed by atoms with Crippen LogP contribution in [0.5, 0.6) is 0 Å². The highest BCUT2D eigenvalue weighted by Crippen LogP contribution is 2.32. The number of hydrogen-bond acceptors (Lipinski definition) is 2. The molecule has 0 spiro atoms. The van der Waals surface area contributed by atoms with Crippen molar-refractivity contribution in [3.05, 3.63) is 60.5 Å². The number of benzene rings is 2. The van der Waals surface area contributed by atoms with Crippen LogP contribution < -0.4 is 5.32 Å². The first-order valence-electron chi connectivity index (χ1n) is 7.81. The number of nitrogens with one attached hydrogen (secondary N) is 1. The van der Waals surface area contributed by atoms with E-state index in [2.05, 4.69) is 10.3 Å². The molecule has 0 aliphatic carbocycles. The summed E-state index contributed by atoms with van der Waals surface area (Å²) in [4.78, 5) is 16.7. The maximum atomic E-state index is 13.2. The van der Waals surface area contributed by atoms with E-state index >= 15 is 0 Å². The lowest BCUT2D eigenvalue weighted by Crippen LogP contribution is -2.27. The first-order chi connectivity index (χ1) is 11.4. The normalized spacial score (nSPS) is 11.5. The minimum absolute atomic E-state index is 0.0658. The number of carbonyl (C=O) groups is 1. The minimum atomic E-state index is -0.489. The summed E-state index contributed by atoms with van der Waals surface area (Å²) in [6, 6.07) is 13.9. The number of aromatic nitrogens is 1. The summed E-state index contributed by atoms with van der Waals surface area (Å²) in [5.74, 6) is -0.334. The van der Waals surface area contributed by atoms with Gasteiger partial charge in [-0.05, 0) is 35.4 Å². The Morgan fingerprint density at radius 2 is 1.75 bits per heavy atom. The standard InChI is InChI=1S/C20H19FN2O/c1-20(2,3)19(24)23-17-11-10-15(13-6-8-14(21)9-7-13)16-5-4-12-22-18(16)17/h4-12H,1-3H3,(H,23,24). The van der Waals surface area contributed by atoms with Crippen LogP contribution in [0, 0.1) is 11.2 Å². The van der Waals surface area contributed by atoms with Gasteiger partial charge in [-0.2, -0.15) is 0 Å². The van der Waals surface area contributed by atoms with Gasteiger partial charge >= 0.3 is 0 Å². The molecule has 1 heterocycles. The Kier molecular flexibility index (Phi) is 4.06. The van der Waals surface area contributed by atoms with Crippen molar-refractivity contribution >= 4 is 22.5 Å². The summed E-state index contributed by atoms with van der Waals surface area (Å²) in [6.07, 6.45) is 1.70. The van der Waals surface area contributed by atoms with Gasteiger partial charge in [0.1, 0.15) is 5.82 Å². The van der Waals surface area contributed by atoms with E-state index in [-0.39, 0.29) is 11.7 Å². The molecule has 0 aliphatic rings. The average Bonchev–Trinajstić information content (AvgIpc) is 2.55. The van der Waals surface area contributed by atoms with E-state index in [0.29, 0.717) is 5.69 Å². The highest BCUT2D eigenvalue weighted by atomic mass is 19.1. The van der Waals surface area contributed by atoms with Crippen LogP contribution in [0.3, 0.4) is 0 Å². The molecule has 2 aromatic carbocycles. The second-order valence-corrected chi connectivity index (χ2v) is 6.77. The van der Waals surface area contributed by atoms with Crippen LogP contribution in [0.1, 0.15) is 20.8 Å². The lowest BCUT2D eigenvalue weighted by atomic mass is 9.95. The van der Waals surface area contributed by atoms with Gasteiger partial charge in [0, 0.05) is 17.0 Å². The third-order valence-electron chi connectivity index (χ3n) is 3.85. The topological polar surface area (TPSA) is 42.0 Å². The Morgan fingerprint density at radius 1 is 1.04 bits per heavy atom. The number of halogens is 1. The second kappa shape index (κ2) is 6.04. The molecule has 0 atom stereocenters. The molecule has 1 aromatic heterocycles. The van der Waals surface area contributed by atoms with Crippen molar-refractivity contribution < 1.29 is 9.18 Å². The molecule has 0 fully saturated rings. The molecule has 0 unspecified atom stereocenters. The number of amides is 1. The maximum Gasteiger partial charge on any atom is 0.229 e. The van der Waals surface area contributed by atoms with Crippen LogP contribution in [0.25, 0.3) is 22.0 Å². The van der Waals surface area contributed by atoms with E-state index in [4.69, 9.17) is 0 Å². The minimum Gasteiger partial charge on any atom is -0.324 e. The van der Waals surface area contributed by atoms with Gasteiger partial charge in [0.2, 0.25) is 5.91 Å². The molecule has 1 N–H and O–H groups in total. The van der Waals surface area contributed by atoms with Crippen LogP contribution in [0.4, 0.5) is 10.1 Å². The van der Waals surface area contributed by atoms with Crippen LogP contribution in [-0.4, -0.2) is 10.9 Å². The summed E-state index contributed by atoms with van der Waals surface area (Å²) in [5, 5.41) is 3.86. The molecule has 24 heavy (non-hydrogen) atoms. The van der Waals surface area contributed by atoms with Crippen molar-refractivity contribution in [3.63, 3.8) is 0 Å². The van der Waals surface area contributed by atoms with Crippen molar-refractivity contribution in [3.8, 4) is 11.1 Å². The number of hydrogen-bond donors (Lipinski definition) is 1. The molecule has 4 heteroatoms. The van der Waals surface area contributed by atoms with E-state index in [0.717, 1.165) is 22.0 Å². The maximum absolute atomic E-state index is 13.2. The first kappa shape index (κ1) is 16.1. The SMILES string of the molecule is CC(C)(C)C(=O)Nc1ccc(-c2ccc(F)cc2)c2cccnc12. The average molecular weight is 322 g/mol. The van der Waals surface area contributed by atoms with Crippen molar-refractivity contribution in [1.29, 1.82) is 0 Å². The van der Waals surface area contributed by atoms with E-state index in [9.17, 15) is 9.18 Å². The van der Waals surface area contributed by atoms with Gasteiger partial charge in [-0.3, -0.25) is 9.78 Å². The Labute approximate surface area is 140 Å². The van der Waals surface area contributed by atoms with Crippen molar-refractivity contribution in [2.75, 3.05) is 5.32 Å². The molecular weight excluding hydrogens is 303 g/mol. The smallest absolute Gasteiger partial charge is 0.229 e. The fourth-order valence-electron chi connectivity index (χ4n) is 2.46. The molecule has 3 rings (SSSR count). The number of pyridine rings is 1. The van der Waals surface area contributed by atoms with Gasteiger partial charge < -0.3 is 5.32 Å². The zero-order chi connectivity index (χ0) is 17.3. The quantitative estimate of drug-likeness (QED) is 0.719. The Morgan fingerprint density at radius 3 is 2.42 bits per heavy atom.